The van der Waals surface area contributed by atoms with E-state index in [0.717, 1.165) is 4.90 Å². The SMILES string of the molecule is CC(C)NC(=O)CN(C)C(CCN)C(F)(F)F. The minimum atomic E-state index is -4.37. The van der Waals surface area contributed by atoms with E-state index in [4.69, 9.17) is 5.73 Å². The molecule has 0 aromatic heterocycles. The molecule has 0 bridgehead atoms. The van der Waals surface area contributed by atoms with Crippen molar-refractivity contribution >= 4 is 5.91 Å². The summed E-state index contributed by atoms with van der Waals surface area (Å²) in [4.78, 5) is 12.3. The number of hydrogen-bond donors (Lipinski definition) is 2. The Morgan fingerprint density at radius 3 is 2.29 bits per heavy atom. The minimum absolute atomic E-state index is 0.0691. The van der Waals surface area contributed by atoms with Crippen molar-refractivity contribution in [3.63, 3.8) is 0 Å². The van der Waals surface area contributed by atoms with Crippen LogP contribution in [-0.2, 0) is 4.79 Å². The van der Waals surface area contributed by atoms with Gasteiger partial charge in [0.25, 0.3) is 0 Å². The number of carbonyl (C=O) groups excluding carboxylic acids is 1. The molecule has 1 amide bonds. The minimum Gasteiger partial charge on any atom is -0.353 e. The topological polar surface area (TPSA) is 58.4 Å². The first-order valence-corrected chi connectivity index (χ1v) is 5.44. The maximum absolute atomic E-state index is 12.6. The Bertz CT molecular complexity index is 243. The van der Waals surface area contributed by atoms with Gasteiger partial charge in [0.05, 0.1) is 6.54 Å². The second-order valence-electron chi connectivity index (χ2n) is 4.27. The van der Waals surface area contributed by atoms with Gasteiger partial charge < -0.3 is 11.1 Å². The number of nitrogens with one attached hydrogen (secondary N) is 1. The van der Waals surface area contributed by atoms with Crippen molar-refractivity contribution in [2.75, 3.05) is 20.1 Å². The van der Waals surface area contributed by atoms with Gasteiger partial charge in [-0.05, 0) is 33.9 Å². The molecule has 4 nitrogen and oxygen atoms in total. The Labute approximate surface area is 99.3 Å². The first-order chi connectivity index (χ1) is 7.68. The number of likely N-dealkylation sites (N-methyl/N-ethyl adjacent to an activating group) is 1. The molecule has 0 aliphatic rings. The van der Waals surface area contributed by atoms with Crippen LogP contribution in [0, 0.1) is 0 Å². The average Bonchev–Trinajstić information content (AvgIpc) is 2.10. The molecule has 17 heavy (non-hydrogen) atoms. The van der Waals surface area contributed by atoms with E-state index in [1.165, 1.54) is 7.05 Å². The molecule has 3 N–H and O–H groups in total. The molecular weight excluding hydrogens is 235 g/mol. The normalized spacial score (nSPS) is 14.2. The number of rotatable bonds is 6. The zero-order valence-corrected chi connectivity index (χ0v) is 10.3. The fraction of sp³-hybridized carbons (Fsp3) is 0.900. The molecule has 0 aliphatic carbocycles. The summed E-state index contributed by atoms with van der Waals surface area (Å²) in [5, 5.41) is 2.54. The van der Waals surface area contributed by atoms with Crippen LogP contribution in [0.1, 0.15) is 20.3 Å². The van der Waals surface area contributed by atoms with Gasteiger partial charge in [0.1, 0.15) is 6.04 Å². The van der Waals surface area contributed by atoms with E-state index in [2.05, 4.69) is 5.32 Å². The van der Waals surface area contributed by atoms with Crippen LogP contribution < -0.4 is 11.1 Å². The molecule has 0 rings (SSSR count). The van der Waals surface area contributed by atoms with Gasteiger partial charge in [0.15, 0.2) is 0 Å². The number of halogens is 3. The third kappa shape index (κ3) is 6.48. The summed E-state index contributed by atoms with van der Waals surface area (Å²) in [7, 11) is 1.27. The highest BCUT2D eigenvalue weighted by molar-refractivity contribution is 5.78. The van der Waals surface area contributed by atoms with Crippen LogP contribution in [0.4, 0.5) is 13.2 Å². The highest BCUT2D eigenvalue weighted by atomic mass is 19.4. The molecule has 0 spiro atoms. The summed E-state index contributed by atoms with van der Waals surface area (Å²) in [5.74, 6) is -0.422. The third-order valence-electron chi connectivity index (χ3n) is 2.19. The maximum Gasteiger partial charge on any atom is 0.404 e. The summed E-state index contributed by atoms with van der Waals surface area (Å²) in [6.07, 6.45) is -4.58. The first kappa shape index (κ1) is 16.2. The van der Waals surface area contributed by atoms with Gasteiger partial charge in [-0.2, -0.15) is 13.2 Å². The van der Waals surface area contributed by atoms with Crippen LogP contribution in [0.25, 0.3) is 0 Å². The third-order valence-corrected chi connectivity index (χ3v) is 2.19. The quantitative estimate of drug-likeness (QED) is 0.735. The number of hydrogen-bond acceptors (Lipinski definition) is 3. The summed E-state index contributed by atoms with van der Waals surface area (Å²) in [6.45, 7) is 3.14. The van der Waals surface area contributed by atoms with Crippen LogP contribution in [-0.4, -0.2) is 49.2 Å². The molecular formula is C10H20F3N3O. The molecule has 102 valence electrons. The van der Waals surface area contributed by atoms with Crippen LogP contribution >= 0.6 is 0 Å². The van der Waals surface area contributed by atoms with Gasteiger partial charge >= 0.3 is 6.18 Å². The van der Waals surface area contributed by atoms with Gasteiger partial charge in [0, 0.05) is 6.04 Å². The number of alkyl halides is 3. The Hall–Kier alpha value is -0.820. The van der Waals surface area contributed by atoms with Gasteiger partial charge in [-0.15, -0.1) is 0 Å². The monoisotopic (exact) mass is 255 g/mol. The predicted molar refractivity (Wildman–Crippen MR) is 59.4 cm³/mol. The Kier molecular flexibility index (Phi) is 6.48. The molecule has 0 heterocycles. The zero-order chi connectivity index (χ0) is 13.6. The number of amides is 1. The van der Waals surface area contributed by atoms with Crippen molar-refractivity contribution in [1.29, 1.82) is 0 Å². The standard InChI is InChI=1S/C10H20F3N3O/c1-7(2)15-9(17)6-16(3)8(4-5-14)10(11,12)13/h7-8H,4-6,14H2,1-3H3,(H,15,17). The summed E-state index contributed by atoms with van der Waals surface area (Å²) in [5.41, 5.74) is 5.15. The molecule has 0 radical (unpaired) electrons. The van der Waals surface area contributed by atoms with Crippen molar-refractivity contribution in [3.8, 4) is 0 Å². The van der Waals surface area contributed by atoms with Gasteiger partial charge in [-0.1, -0.05) is 0 Å². The van der Waals surface area contributed by atoms with Gasteiger partial charge in [0.2, 0.25) is 5.91 Å². The number of carbonyl (C=O) groups is 1. The first-order valence-electron chi connectivity index (χ1n) is 5.44. The molecule has 1 unspecified atom stereocenters. The van der Waals surface area contributed by atoms with E-state index in [0.29, 0.717) is 0 Å². The highest BCUT2D eigenvalue weighted by Crippen LogP contribution is 2.25. The second-order valence-corrected chi connectivity index (χ2v) is 4.27. The summed E-state index contributed by atoms with van der Waals surface area (Å²) in [6, 6.07) is -1.76. The zero-order valence-electron chi connectivity index (χ0n) is 10.3. The molecule has 0 saturated heterocycles. The maximum atomic E-state index is 12.6. The lowest BCUT2D eigenvalue weighted by molar-refractivity contribution is -0.182. The van der Waals surface area contributed by atoms with E-state index >= 15 is 0 Å². The number of nitrogens with zero attached hydrogens (tertiary/aromatic N) is 1. The fourth-order valence-electron chi connectivity index (χ4n) is 1.50. The van der Waals surface area contributed by atoms with Gasteiger partial charge in [-0.3, -0.25) is 9.69 Å². The van der Waals surface area contributed by atoms with E-state index < -0.39 is 18.1 Å². The van der Waals surface area contributed by atoms with E-state index in [9.17, 15) is 18.0 Å². The summed E-state index contributed by atoms with van der Waals surface area (Å²) >= 11 is 0. The lowest BCUT2D eigenvalue weighted by Gasteiger charge is -2.29. The Morgan fingerprint density at radius 1 is 1.41 bits per heavy atom. The molecule has 0 aromatic rings. The van der Waals surface area contributed by atoms with E-state index in [1.807, 2.05) is 0 Å². The van der Waals surface area contributed by atoms with Crippen molar-refractivity contribution < 1.29 is 18.0 Å². The van der Waals surface area contributed by atoms with E-state index in [1.54, 1.807) is 13.8 Å². The molecule has 1 atom stereocenters. The largest absolute Gasteiger partial charge is 0.404 e. The fourth-order valence-corrected chi connectivity index (χ4v) is 1.50. The molecule has 0 aromatic carbocycles. The van der Waals surface area contributed by atoms with Crippen LogP contribution in [0.2, 0.25) is 0 Å². The molecule has 7 heteroatoms. The lowest BCUT2D eigenvalue weighted by atomic mass is 10.1. The van der Waals surface area contributed by atoms with E-state index in [-0.39, 0.29) is 25.6 Å². The number of nitrogens with two attached hydrogens (primary N) is 1. The predicted octanol–water partition coefficient (Wildman–Crippen LogP) is 0.722. The lowest BCUT2D eigenvalue weighted by Crippen LogP contribution is -2.49. The molecule has 0 fully saturated rings. The van der Waals surface area contributed by atoms with Crippen LogP contribution in [0.5, 0.6) is 0 Å². The molecule has 0 aliphatic heterocycles. The second kappa shape index (κ2) is 6.80. The van der Waals surface area contributed by atoms with Crippen LogP contribution in [0.15, 0.2) is 0 Å². The van der Waals surface area contributed by atoms with Crippen molar-refractivity contribution in [2.24, 2.45) is 5.73 Å². The van der Waals surface area contributed by atoms with Gasteiger partial charge in [-0.25, -0.2) is 0 Å². The highest BCUT2D eigenvalue weighted by Gasteiger charge is 2.41. The average molecular weight is 255 g/mol. The smallest absolute Gasteiger partial charge is 0.353 e. The van der Waals surface area contributed by atoms with Crippen LogP contribution in [0.3, 0.4) is 0 Å². The van der Waals surface area contributed by atoms with Crippen molar-refractivity contribution in [1.82, 2.24) is 10.2 Å². The Morgan fingerprint density at radius 2 is 1.94 bits per heavy atom. The summed E-state index contributed by atoms with van der Waals surface area (Å²) < 4.78 is 37.9. The van der Waals surface area contributed by atoms with Crippen molar-refractivity contribution in [3.05, 3.63) is 0 Å². The molecule has 0 saturated carbocycles. The Balaban J connectivity index is 4.42. The van der Waals surface area contributed by atoms with Crippen molar-refractivity contribution in [2.45, 2.75) is 38.5 Å².